The van der Waals surface area contributed by atoms with E-state index in [4.69, 9.17) is 14.2 Å². The van der Waals surface area contributed by atoms with E-state index < -0.39 is 49.4 Å². The zero-order chi connectivity index (χ0) is 45.1. The molecule has 16 heteroatoms. The van der Waals surface area contributed by atoms with Gasteiger partial charge in [-0.25, -0.2) is 26.8 Å². The van der Waals surface area contributed by atoms with Crippen molar-refractivity contribution in [1.82, 2.24) is 14.7 Å². The van der Waals surface area contributed by atoms with E-state index >= 15 is 0 Å². The van der Waals surface area contributed by atoms with Gasteiger partial charge in [0.25, 0.3) is 0 Å². The van der Waals surface area contributed by atoms with Gasteiger partial charge in [0, 0.05) is 23.8 Å². The summed E-state index contributed by atoms with van der Waals surface area (Å²) in [5.74, 6) is -0.735. The van der Waals surface area contributed by atoms with E-state index in [-0.39, 0.29) is 24.6 Å². The molecule has 0 saturated carbocycles. The van der Waals surface area contributed by atoms with Crippen molar-refractivity contribution < 1.29 is 51.2 Å². The third kappa shape index (κ3) is 15.7. The molecule has 59 heavy (non-hydrogen) atoms. The van der Waals surface area contributed by atoms with Crippen LogP contribution >= 0.6 is 10.7 Å². The van der Waals surface area contributed by atoms with Crippen molar-refractivity contribution in [3.05, 3.63) is 70.3 Å². The Morgan fingerprint density at radius 1 is 0.881 bits per heavy atom. The third-order valence-corrected chi connectivity index (χ3v) is 10.3. The van der Waals surface area contributed by atoms with Gasteiger partial charge in [-0.05, 0) is 147 Å². The number of hydrogen-bond acceptors (Lipinski definition) is 10. The van der Waals surface area contributed by atoms with Gasteiger partial charge in [0.2, 0.25) is 9.05 Å². The number of rotatable bonds is 7. The maximum absolute atomic E-state index is 13.4. The van der Waals surface area contributed by atoms with Gasteiger partial charge in [-0.3, -0.25) is 0 Å². The molecule has 5 rings (SSSR count). The molecule has 0 bridgehead atoms. The van der Waals surface area contributed by atoms with Gasteiger partial charge in [-0.15, -0.1) is 0 Å². The molecule has 2 N–H and O–H groups in total. The van der Waals surface area contributed by atoms with E-state index in [9.17, 15) is 37.0 Å². The molecule has 3 aliphatic rings. The Hall–Kier alpha value is -3.08. The van der Waals surface area contributed by atoms with Gasteiger partial charge >= 0.3 is 12.2 Å². The standard InChI is InChI=1S/C18H26FNO4.C18H24FNO3.C6H15N.CH3ClO2S/c1-17(2,3)24-16(22)20-9-5-6-15(20)18(4,23)14-8-7-13(19)10-12(14)11-21;1-17(2,3)23-16(21)20-9-5-6-15(20)18(4)14-8-7-13(19)10-12(14)11-22-18;1-4-7(5-2)6-3;1-5(2,3)4/h7-8,10,15,21,23H,5-6,9,11H2,1-4H3;7-8,10,15H,5-6,9,11H2,1-4H3;4-6H2,1-3H3;1H3/t15-,18?;15-,18+;;/m11../s1. The highest BCUT2D eigenvalue weighted by Gasteiger charge is 2.49. The van der Waals surface area contributed by atoms with Crippen LogP contribution in [0.3, 0.4) is 0 Å². The summed E-state index contributed by atoms with van der Waals surface area (Å²) in [4.78, 5) is 30.6. The molecular formula is C43H68ClF2N3O9S. The summed E-state index contributed by atoms with van der Waals surface area (Å²) in [7, 11) is 1.31. The second-order valence-electron chi connectivity index (χ2n) is 17.3. The number of carbonyl (C=O) groups is 2. The van der Waals surface area contributed by atoms with E-state index in [1.54, 1.807) is 38.7 Å². The highest BCUT2D eigenvalue weighted by Crippen LogP contribution is 2.45. The van der Waals surface area contributed by atoms with Crippen LogP contribution in [0.5, 0.6) is 0 Å². The lowest BCUT2D eigenvalue weighted by molar-refractivity contribution is -0.0785. The molecule has 3 aliphatic heterocycles. The summed E-state index contributed by atoms with van der Waals surface area (Å²) in [5, 5.41) is 20.6. The second kappa shape index (κ2) is 21.6. The van der Waals surface area contributed by atoms with Crippen molar-refractivity contribution in [3.8, 4) is 0 Å². The number of hydrogen-bond donors (Lipinski definition) is 2. The second-order valence-corrected chi connectivity index (χ2v) is 20.3. The van der Waals surface area contributed by atoms with Gasteiger partial charge in [-0.2, -0.15) is 0 Å². The Morgan fingerprint density at radius 2 is 1.36 bits per heavy atom. The number of carbonyl (C=O) groups excluding carboxylic acids is 2. The van der Waals surface area contributed by atoms with Crippen LogP contribution in [-0.2, 0) is 47.7 Å². The average molecular weight is 877 g/mol. The largest absolute Gasteiger partial charge is 0.444 e. The fourth-order valence-electron chi connectivity index (χ4n) is 7.55. The van der Waals surface area contributed by atoms with Crippen LogP contribution in [0.15, 0.2) is 36.4 Å². The van der Waals surface area contributed by atoms with E-state index in [0.717, 1.165) is 36.6 Å². The smallest absolute Gasteiger partial charge is 0.410 e. The first-order chi connectivity index (χ1) is 27.1. The first-order valence-electron chi connectivity index (χ1n) is 20.3. The number of aliphatic hydroxyl groups excluding tert-OH is 1. The number of aliphatic hydroxyl groups is 2. The Kier molecular flexibility index (Phi) is 19.1. The summed E-state index contributed by atoms with van der Waals surface area (Å²) in [6.45, 7) is 25.8. The van der Waals surface area contributed by atoms with Gasteiger partial charge in [-0.1, -0.05) is 32.9 Å². The van der Waals surface area contributed by atoms with Gasteiger partial charge in [0.1, 0.15) is 34.0 Å². The minimum Gasteiger partial charge on any atom is -0.444 e. The summed E-state index contributed by atoms with van der Waals surface area (Å²) in [6.07, 6.45) is 3.27. The molecule has 0 spiro atoms. The molecule has 3 heterocycles. The summed E-state index contributed by atoms with van der Waals surface area (Å²) in [5.41, 5.74) is -0.605. The predicted molar refractivity (Wildman–Crippen MR) is 227 cm³/mol. The number of amides is 2. The molecule has 0 aliphatic carbocycles. The summed E-state index contributed by atoms with van der Waals surface area (Å²) in [6, 6.07) is 8.08. The Bertz CT molecular complexity index is 1790. The number of halogens is 3. The highest BCUT2D eigenvalue weighted by molar-refractivity contribution is 8.13. The van der Waals surface area contributed by atoms with Crippen LogP contribution < -0.4 is 0 Å². The zero-order valence-electron chi connectivity index (χ0n) is 37.0. The monoisotopic (exact) mass is 875 g/mol. The van der Waals surface area contributed by atoms with Crippen molar-refractivity contribution >= 4 is 31.9 Å². The predicted octanol–water partition coefficient (Wildman–Crippen LogP) is 8.43. The molecule has 2 amide bonds. The van der Waals surface area contributed by atoms with E-state index in [2.05, 4.69) is 36.4 Å². The van der Waals surface area contributed by atoms with Crippen LogP contribution in [0.1, 0.15) is 124 Å². The van der Waals surface area contributed by atoms with Crippen LogP contribution in [0.4, 0.5) is 18.4 Å². The van der Waals surface area contributed by atoms with Crippen molar-refractivity contribution in [2.24, 2.45) is 0 Å². The van der Waals surface area contributed by atoms with Crippen LogP contribution in [0.2, 0.25) is 0 Å². The number of ether oxygens (including phenoxy) is 3. The molecule has 2 saturated heterocycles. The SMILES string of the molecule is CC(C)(C)OC(=O)N1CCC[C@@H]1C(C)(O)c1ccc(F)cc1CO.CC(C)(C)OC(=O)N1CCC[C@@H]1[C@@]1(C)OCc2cc(F)ccc21.CCN(CC)CC.CS(=O)(=O)Cl. The minimum atomic E-state index is -3.19. The Labute approximate surface area is 355 Å². The number of benzene rings is 2. The molecule has 1 unspecified atom stereocenters. The molecule has 12 nitrogen and oxygen atoms in total. The zero-order valence-corrected chi connectivity index (χ0v) is 38.6. The van der Waals surface area contributed by atoms with Crippen molar-refractivity contribution in [2.75, 3.05) is 39.0 Å². The maximum Gasteiger partial charge on any atom is 0.410 e. The first-order valence-corrected chi connectivity index (χ1v) is 23.0. The number of likely N-dealkylation sites (tertiary alicyclic amines) is 2. The highest BCUT2D eigenvalue weighted by atomic mass is 35.7. The number of fused-ring (bicyclic) bond motifs is 1. The van der Waals surface area contributed by atoms with Crippen LogP contribution in [0, 0.1) is 11.6 Å². The summed E-state index contributed by atoms with van der Waals surface area (Å²) >= 11 is 0. The molecule has 0 aromatic heterocycles. The third-order valence-electron chi connectivity index (χ3n) is 10.3. The molecule has 4 atom stereocenters. The van der Waals surface area contributed by atoms with Crippen molar-refractivity contribution in [3.63, 3.8) is 0 Å². The Balaban J connectivity index is 0.000000320. The van der Waals surface area contributed by atoms with Crippen LogP contribution in [0.25, 0.3) is 0 Å². The molecular weight excluding hydrogens is 808 g/mol. The molecule has 336 valence electrons. The maximum atomic E-state index is 13.4. The lowest BCUT2D eigenvalue weighted by Crippen LogP contribution is -2.49. The number of nitrogens with zero attached hydrogens (tertiary/aromatic N) is 3. The Morgan fingerprint density at radius 3 is 1.85 bits per heavy atom. The van der Waals surface area contributed by atoms with Crippen molar-refractivity contribution in [2.45, 2.75) is 150 Å². The topological polar surface area (TPSA) is 146 Å². The van der Waals surface area contributed by atoms with E-state index in [1.165, 1.54) is 54.9 Å². The van der Waals surface area contributed by atoms with Crippen molar-refractivity contribution in [1.29, 1.82) is 0 Å². The van der Waals surface area contributed by atoms with E-state index in [0.29, 0.717) is 37.2 Å². The normalized spacial score (nSPS) is 21.3. The lowest BCUT2D eigenvalue weighted by Gasteiger charge is -2.38. The molecule has 2 fully saturated rings. The minimum absolute atomic E-state index is 0.0935. The van der Waals surface area contributed by atoms with Gasteiger partial charge in [0.05, 0.1) is 31.6 Å². The van der Waals surface area contributed by atoms with E-state index in [1.807, 2.05) is 27.7 Å². The fraction of sp³-hybridized carbons (Fsp3) is 0.674. The molecule has 2 aromatic carbocycles. The van der Waals surface area contributed by atoms with Crippen LogP contribution in [-0.4, -0.2) is 108 Å². The van der Waals surface area contributed by atoms with Gasteiger partial charge in [0.15, 0.2) is 0 Å². The average Bonchev–Trinajstić information content (AvgIpc) is 3.88. The molecule has 2 aromatic rings. The first kappa shape index (κ1) is 52.1. The quantitative estimate of drug-likeness (QED) is 0.260. The molecule has 0 radical (unpaired) electrons. The lowest BCUT2D eigenvalue weighted by atomic mass is 9.84. The summed E-state index contributed by atoms with van der Waals surface area (Å²) < 4.78 is 62.7. The van der Waals surface area contributed by atoms with Gasteiger partial charge < -0.3 is 39.1 Å². The fourth-order valence-corrected chi connectivity index (χ4v) is 7.55.